The third kappa shape index (κ3) is 3.16. The molecule has 0 aliphatic carbocycles. The Bertz CT molecular complexity index is 470. The molecule has 0 saturated heterocycles. The first-order valence-corrected chi connectivity index (χ1v) is 7.86. The summed E-state index contributed by atoms with van der Waals surface area (Å²) in [6.07, 6.45) is 0. The van der Waals surface area contributed by atoms with Crippen LogP contribution in [0.5, 0.6) is 11.5 Å². The van der Waals surface area contributed by atoms with Crippen LogP contribution in [-0.4, -0.2) is 43.8 Å². The summed E-state index contributed by atoms with van der Waals surface area (Å²) in [5.74, 6) is 1.70. The second-order valence-corrected chi connectivity index (χ2v) is 5.95. The summed E-state index contributed by atoms with van der Waals surface area (Å²) >= 11 is 0. The van der Waals surface area contributed by atoms with Crippen LogP contribution in [0.2, 0.25) is 0 Å². The van der Waals surface area contributed by atoms with Gasteiger partial charge in [-0.1, -0.05) is 19.9 Å². The molecule has 2 rings (SSSR count). The summed E-state index contributed by atoms with van der Waals surface area (Å²) in [6, 6.07) is 6.50. The van der Waals surface area contributed by atoms with Gasteiger partial charge in [0.05, 0.1) is 6.04 Å². The maximum absolute atomic E-state index is 5.72. The van der Waals surface area contributed by atoms with E-state index in [1.807, 2.05) is 13.1 Å². The molecule has 1 aliphatic rings. The Balaban J connectivity index is 2.32. The molecular weight excluding hydrogens is 264 g/mol. The van der Waals surface area contributed by atoms with Crippen molar-refractivity contribution in [3.63, 3.8) is 0 Å². The third-order valence-electron chi connectivity index (χ3n) is 4.47. The van der Waals surface area contributed by atoms with Crippen LogP contribution in [-0.2, 0) is 0 Å². The molecule has 4 heteroatoms. The predicted octanol–water partition coefficient (Wildman–Crippen LogP) is 2.84. The Hall–Kier alpha value is -1.26. The van der Waals surface area contributed by atoms with Gasteiger partial charge in [-0.3, -0.25) is 4.90 Å². The van der Waals surface area contributed by atoms with Gasteiger partial charge in [0.25, 0.3) is 0 Å². The minimum atomic E-state index is 0.0159. The summed E-state index contributed by atoms with van der Waals surface area (Å²) in [5.41, 5.74) is 1.25. The summed E-state index contributed by atoms with van der Waals surface area (Å²) in [4.78, 5) is 2.48. The number of fused-ring (bicyclic) bond motifs is 1. The average Bonchev–Trinajstić information content (AvgIpc) is 2.48. The molecule has 118 valence electrons. The van der Waals surface area contributed by atoms with Crippen molar-refractivity contribution >= 4 is 0 Å². The molecule has 1 aliphatic heterocycles. The standard InChI is InChI=1S/C17H28N2O2/c1-6-19(7-2)17(3,4)16(18-5)13-8-9-14-15(12-13)21-11-10-20-14/h8-9,12,16,18H,6-7,10-11H2,1-5H3. The zero-order valence-corrected chi connectivity index (χ0v) is 13.9. The highest BCUT2D eigenvalue weighted by molar-refractivity contribution is 5.45. The van der Waals surface area contributed by atoms with Crippen LogP contribution in [0.3, 0.4) is 0 Å². The smallest absolute Gasteiger partial charge is 0.161 e. The van der Waals surface area contributed by atoms with Crippen molar-refractivity contribution in [3.8, 4) is 11.5 Å². The molecule has 0 bridgehead atoms. The van der Waals surface area contributed by atoms with Gasteiger partial charge in [-0.2, -0.15) is 0 Å². The molecule has 21 heavy (non-hydrogen) atoms. The van der Waals surface area contributed by atoms with Crippen molar-refractivity contribution in [2.45, 2.75) is 39.3 Å². The number of nitrogens with one attached hydrogen (secondary N) is 1. The molecule has 1 unspecified atom stereocenters. The number of benzene rings is 1. The lowest BCUT2D eigenvalue weighted by atomic mass is 9.86. The van der Waals surface area contributed by atoms with E-state index in [9.17, 15) is 0 Å². The molecule has 4 nitrogen and oxygen atoms in total. The van der Waals surface area contributed by atoms with E-state index in [1.54, 1.807) is 0 Å². The van der Waals surface area contributed by atoms with Crippen molar-refractivity contribution in [1.29, 1.82) is 0 Å². The van der Waals surface area contributed by atoms with E-state index in [2.05, 4.69) is 50.0 Å². The quantitative estimate of drug-likeness (QED) is 0.874. The minimum absolute atomic E-state index is 0.0159. The third-order valence-corrected chi connectivity index (χ3v) is 4.47. The zero-order chi connectivity index (χ0) is 15.5. The van der Waals surface area contributed by atoms with Gasteiger partial charge >= 0.3 is 0 Å². The summed E-state index contributed by atoms with van der Waals surface area (Å²) in [5, 5.41) is 3.48. The van der Waals surface area contributed by atoms with Gasteiger partial charge < -0.3 is 14.8 Å². The topological polar surface area (TPSA) is 33.7 Å². The van der Waals surface area contributed by atoms with Gasteiger partial charge in [0, 0.05) is 5.54 Å². The number of ether oxygens (including phenoxy) is 2. The fraction of sp³-hybridized carbons (Fsp3) is 0.647. The lowest BCUT2D eigenvalue weighted by Gasteiger charge is -2.43. The molecular formula is C17H28N2O2. The van der Waals surface area contributed by atoms with Crippen LogP contribution < -0.4 is 14.8 Å². The highest BCUT2D eigenvalue weighted by Gasteiger charge is 2.34. The first-order valence-electron chi connectivity index (χ1n) is 7.86. The lowest BCUT2D eigenvalue weighted by molar-refractivity contribution is 0.0940. The second-order valence-electron chi connectivity index (χ2n) is 5.95. The van der Waals surface area contributed by atoms with Gasteiger partial charge in [-0.05, 0) is 51.7 Å². The number of hydrogen-bond acceptors (Lipinski definition) is 4. The van der Waals surface area contributed by atoms with Crippen LogP contribution in [0.25, 0.3) is 0 Å². The van der Waals surface area contributed by atoms with Crippen LogP contribution in [0.1, 0.15) is 39.3 Å². The molecule has 1 atom stereocenters. The Labute approximate surface area is 128 Å². The molecule has 0 fully saturated rings. The minimum Gasteiger partial charge on any atom is -0.486 e. The fourth-order valence-electron chi connectivity index (χ4n) is 3.39. The number of rotatable bonds is 6. The lowest BCUT2D eigenvalue weighted by Crippen LogP contribution is -2.51. The Morgan fingerprint density at radius 3 is 2.33 bits per heavy atom. The maximum atomic E-state index is 5.72. The van der Waals surface area contributed by atoms with E-state index >= 15 is 0 Å². The number of hydrogen-bond donors (Lipinski definition) is 1. The van der Waals surface area contributed by atoms with Crippen molar-refractivity contribution < 1.29 is 9.47 Å². The average molecular weight is 292 g/mol. The number of likely N-dealkylation sites (N-methyl/N-ethyl adjacent to an activating group) is 2. The predicted molar refractivity (Wildman–Crippen MR) is 86.2 cm³/mol. The van der Waals surface area contributed by atoms with Gasteiger partial charge in [0.2, 0.25) is 0 Å². The molecule has 1 aromatic carbocycles. The molecule has 1 N–H and O–H groups in total. The first-order chi connectivity index (χ1) is 10.0. The largest absolute Gasteiger partial charge is 0.486 e. The first kappa shape index (κ1) is 16.1. The maximum Gasteiger partial charge on any atom is 0.161 e. The van der Waals surface area contributed by atoms with E-state index in [4.69, 9.17) is 9.47 Å². The summed E-state index contributed by atoms with van der Waals surface area (Å²) in [7, 11) is 2.02. The van der Waals surface area contributed by atoms with Crippen LogP contribution in [0.4, 0.5) is 0 Å². The highest BCUT2D eigenvalue weighted by Crippen LogP contribution is 2.37. The van der Waals surface area contributed by atoms with E-state index in [0.717, 1.165) is 24.6 Å². The van der Waals surface area contributed by atoms with Crippen molar-refractivity contribution in [3.05, 3.63) is 23.8 Å². The molecule has 0 saturated carbocycles. The van der Waals surface area contributed by atoms with Gasteiger partial charge in [-0.15, -0.1) is 0 Å². The molecule has 0 amide bonds. The van der Waals surface area contributed by atoms with E-state index in [0.29, 0.717) is 13.2 Å². The van der Waals surface area contributed by atoms with Crippen molar-refractivity contribution in [2.24, 2.45) is 0 Å². The Morgan fingerprint density at radius 1 is 1.14 bits per heavy atom. The normalized spacial score (nSPS) is 16.1. The number of nitrogens with zero attached hydrogens (tertiary/aromatic N) is 1. The SMILES string of the molecule is CCN(CC)C(C)(C)C(NC)c1ccc2c(c1)OCCO2. The van der Waals surface area contributed by atoms with Crippen molar-refractivity contribution in [2.75, 3.05) is 33.4 Å². The van der Waals surface area contributed by atoms with Gasteiger partial charge in [0.15, 0.2) is 11.5 Å². The van der Waals surface area contributed by atoms with E-state index in [-0.39, 0.29) is 11.6 Å². The zero-order valence-electron chi connectivity index (χ0n) is 13.9. The highest BCUT2D eigenvalue weighted by atomic mass is 16.6. The van der Waals surface area contributed by atoms with Gasteiger partial charge in [-0.25, -0.2) is 0 Å². The Morgan fingerprint density at radius 2 is 1.76 bits per heavy atom. The second kappa shape index (κ2) is 6.67. The van der Waals surface area contributed by atoms with Gasteiger partial charge in [0.1, 0.15) is 13.2 Å². The van der Waals surface area contributed by atoms with E-state index in [1.165, 1.54) is 5.56 Å². The fourth-order valence-corrected chi connectivity index (χ4v) is 3.39. The Kier molecular flexibility index (Phi) is 5.12. The summed E-state index contributed by atoms with van der Waals surface area (Å²) < 4.78 is 11.3. The van der Waals surface area contributed by atoms with Crippen LogP contribution in [0.15, 0.2) is 18.2 Å². The van der Waals surface area contributed by atoms with Crippen LogP contribution >= 0.6 is 0 Å². The molecule has 1 aromatic rings. The van der Waals surface area contributed by atoms with E-state index < -0.39 is 0 Å². The monoisotopic (exact) mass is 292 g/mol. The summed E-state index contributed by atoms with van der Waals surface area (Å²) in [6.45, 7) is 12.3. The molecule has 0 spiro atoms. The molecule has 1 heterocycles. The molecule has 0 aromatic heterocycles. The van der Waals surface area contributed by atoms with Crippen LogP contribution in [0, 0.1) is 0 Å². The molecule has 0 radical (unpaired) electrons. The van der Waals surface area contributed by atoms with Crippen molar-refractivity contribution in [1.82, 2.24) is 10.2 Å².